The van der Waals surface area contributed by atoms with E-state index in [1.807, 2.05) is 0 Å². The van der Waals surface area contributed by atoms with Crippen molar-refractivity contribution in [3.05, 3.63) is 0 Å². The van der Waals surface area contributed by atoms with E-state index in [1.165, 1.54) is 0 Å². The van der Waals surface area contributed by atoms with E-state index in [0.717, 1.165) is 17.1 Å². The molecule has 1 aliphatic carbocycles. The Morgan fingerprint density at radius 1 is 1.38 bits per heavy atom. The van der Waals surface area contributed by atoms with E-state index in [9.17, 15) is 13.2 Å². The molecule has 0 aromatic heterocycles. The molecule has 2 aliphatic rings. The van der Waals surface area contributed by atoms with Crippen LogP contribution in [0.25, 0.3) is 0 Å². The van der Waals surface area contributed by atoms with E-state index in [0.29, 0.717) is 12.8 Å². The van der Waals surface area contributed by atoms with Gasteiger partial charge in [-0.15, -0.1) is 0 Å². The predicted molar refractivity (Wildman–Crippen MR) is 86.4 cm³/mol. The molecule has 1 heterocycles. The van der Waals surface area contributed by atoms with Crippen LogP contribution in [-0.4, -0.2) is 67.3 Å². The van der Waals surface area contributed by atoms with E-state index >= 15 is 0 Å². The molecule has 0 bridgehead atoms. The zero-order valence-electron chi connectivity index (χ0n) is 13.4. The van der Waals surface area contributed by atoms with Crippen LogP contribution in [0.1, 0.15) is 25.7 Å². The van der Waals surface area contributed by atoms with Crippen molar-refractivity contribution in [2.45, 2.75) is 43.3 Å². The van der Waals surface area contributed by atoms with Gasteiger partial charge >= 0.3 is 7.12 Å². The van der Waals surface area contributed by atoms with Gasteiger partial charge in [-0.2, -0.15) is 12.7 Å². The van der Waals surface area contributed by atoms with Gasteiger partial charge in [0.05, 0.1) is 6.54 Å². The van der Waals surface area contributed by atoms with Gasteiger partial charge in [-0.3, -0.25) is 10.5 Å². The van der Waals surface area contributed by atoms with Crippen molar-refractivity contribution < 1.29 is 28.0 Å². The molecule has 0 aromatic carbocycles. The highest BCUT2D eigenvalue weighted by molar-refractivity contribution is 7.87. The maximum Gasteiger partial charge on any atom is 0.451 e. The van der Waals surface area contributed by atoms with Crippen molar-refractivity contribution in [1.29, 1.82) is 0 Å². The van der Waals surface area contributed by atoms with Gasteiger partial charge in [-0.05, 0) is 25.6 Å². The van der Waals surface area contributed by atoms with Gasteiger partial charge in [0, 0.05) is 24.5 Å². The fourth-order valence-corrected chi connectivity index (χ4v) is 4.22. The minimum atomic E-state index is -3.79. The van der Waals surface area contributed by atoms with Gasteiger partial charge in [0.1, 0.15) is 0 Å². The molecule has 0 aromatic rings. The van der Waals surface area contributed by atoms with Crippen molar-refractivity contribution in [2.75, 3.05) is 19.6 Å². The molecular weight excluding hydrogens is 339 g/mol. The van der Waals surface area contributed by atoms with E-state index in [4.69, 9.17) is 26.3 Å². The van der Waals surface area contributed by atoms with E-state index in [-0.39, 0.29) is 32.4 Å². The Morgan fingerprint density at radius 3 is 2.58 bits per heavy atom. The SMILES string of the molecule is NC1(CNS(=O)(=O)N2C[C@H](CCCB(O)O)[C@](N)(OC=O)C2)CC1. The number of rotatable bonds is 10. The molecule has 10 nitrogen and oxygen atoms in total. The van der Waals surface area contributed by atoms with Crippen molar-refractivity contribution in [1.82, 2.24) is 9.03 Å². The molecule has 2 rings (SSSR count). The third-order valence-electron chi connectivity index (χ3n) is 4.66. The van der Waals surface area contributed by atoms with Crippen molar-refractivity contribution >= 4 is 23.8 Å². The van der Waals surface area contributed by atoms with Crippen LogP contribution >= 0.6 is 0 Å². The summed E-state index contributed by atoms with van der Waals surface area (Å²) in [5, 5.41) is 17.8. The normalized spacial score (nSPS) is 29.4. The first-order chi connectivity index (χ1) is 11.1. The summed E-state index contributed by atoms with van der Waals surface area (Å²) in [4.78, 5) is 10.7. The second-order valence-corrected chi connectivity index (χ2v) is 8.51. The van der Waals surface area contributed by atoms with Gasteiger partial charge in [0.15, 0.2) is 5.72 Å². The summed E-state index contributed by atoms with van der Waals surface area (Å²) in [6, 6.07) is 0. The summed E-state index contributed by atoms with van der Waals surface area (Å²) < 4.78 is 33.4. The molecule has 0 amide bonds. The molecule has 2 atom stereocenters. The lowest BCUT2D eigenvalue weighted by molar-refractivity contribution is -0.145. The number of hydrogen-bond acceptors (Lipinski definition) is 8. The lowest BCUT2D eigenvalue weighted by Crippen LogP contribution is -2.51. The second kappa shape index (κ2) is 7.24. The average Bonchev–Trinajstić information content (AvgIpc) is 3.12. The van der Waals surface area contributed by atoms with Crippen LogP contribution in [0, 0.1) is 5.92 Å². The molecule has 24 heavy (non-hydrogen) atoms. The van der Waals surface area contributed by atoms with Crippen molar-refractivity contribution in [2.24, 2.45) is 17.4 Å². The fraction of sp³-hybridized carbons (Fsp3) is 0.917. The predicted octanol–water partition coefficient (Wildman–Crippen LogP) is -2.68. The number of nitrogens with zero attached hydrogens (tertiary/aromatic N) is 1. The van der Waals surface area contributed by atoms with Gasteiger partial charge in [-0.25, -0.2) is 4.72 Å². The molecule has 2 fully saturated rings. The minimum Gasteiger partial charge on any atom is -0.445 e. The number of ether oxygens (including phenoxy) is 1. The third kappa shape index (κ3) is 4.88. The summed E-state index contributed by atoms with van der Waals surface area (Å²) in [6.45, 7) is 0.277. The maximum atomic E-state index is 12.4. The quantitative estimate of drug-likeness (QED) is 0.159. The van der Waals surface area contributed by atoms with Gasteiger partial charge < -0.3 is 20.5 Å². The summed E-state index contributed by atoms with van der Waals surface area (Å²) in [5.41, 5.74) is 10.1. The Labute approximate surface area is 141 Å². The minimum absolute atomic E-state index is 0.0821. The fourth-order valence-electron chi connectivity index (χ4n) is 2.82. The summed E-state index contributed by atoms with van der Waals surface area (Å²) in [7, 11) is -5.23. The Bertz CT molecular complexity index is 558. The number of nitrogens with one attached hydrogen (secondary N) is 1. The standard InChI is InChI=1S/C12H25BN4O6S/c14-11(3-4-11)7-16-24(21,22)17-6-10(2-1-5-13(19)20)12(15,8-17)23-9-18/h9-10,16,19-20H,1-8,14-15H2/t10-,12+/m0/s1. The number of nitrogens with two attached hydrogens (primary N) is 2. The largest absolute Gasteiger partial charge is 0.451 e. The van der Waals surface area contributed by atoms with Gasteiger partial charge in [-0.1, -0.05) is 6.42 Å². The monoisotopic (exact) mass is 364 g/mol. The molecule has 0 spiro atoms. The molecule has 1 saturated heterocycles. The topological polar surface area (TPSA) is 168 Å². The van der Waals surface area contributed by atoms with Crippen LogP contribution in [0.5, 0.6) is 0 Å². The van der Waals surface area contributed by atoms with Crippen LogP contribution in [-0.2, 0) is 19.7 Å². The molecule has 0 radical (unpaired) electrons. The van der Waals surface area contributed by atoms with Crippen molar-refractivity contribution in [3.8, 4) is 0 Å². The summed E-state index contributed by atoms with van der Waals surface area (Å²) >= 11 is 0. The summed E-state index contributed by atoms with van der Waals surface area (Å²) in [6.07, 6.45) is 2.49. The van der Waals surface area contributed by atoms with Gasteiger partial charge in [0.2, 0.25) is 0 Å². The first-order valence-corrected chi connectivity index (χ1v) is 9.34. The maximum absolute atomic E-state index is 12.4. The Balaban J connectivity index is 1.99. The van der Waals surface area contributed by atoms with Gasteiger partial charge in [0.25, 0.3) is 16.7 Å². The highest BCUT2D eigenvalue weighted by Gasteiger charge is 2.50. The Kier molecular flexibility index (Phi) is 5.90. The molecule has 12 heteroatoms. The van der Waals surface area contributed by atoms with E-state index in [2.05, 4.69) is 4.72 Å². The van der Waals surface area contributed by atoms with Crippen LogP contribution in [0.4, 0.5) is 0 Å². The molecule has 1 aliphatic heterocycles. The average molecular weight is 364 g/mol. The first kappa shape index (κ1) is 19.6. The van der Waals surface area contributed by atoms with Crippen LogP contribution in [0.15, 0.2) is 0 Å². The second-order valence-electron chi connectivity index (χ2n) is 6.76. The number of carbonyl (C=O) groups excluding carboxylic acids is 1. The molecule has 0 unspecified atom stereocenters. The smallest absolute Gasteiger partial charge is 0.445 e. The Morgan fingerprint density at radius 2 is 2.04 bits per heavy atom. The van der Waals surface area contributed by atoms with Crippen LogP contribution in [0.2, 0.25) is 6.32 Å². The number of carbonyl (C=O) groups is 1. The lowest BCUT2D eigenvalue weighted by atomic mass is 9.81. The third-order valence-corrected chi connectivity index (χ3v) is 6.13. The molecule has 7 N–H and O–H groups in total. The molecular formula is C12H25BN4O6S. The zero-order chi connectivity index (χ0) is 18.0. The van der Waals surface area contributed by atoms with E-state index in [1.54, 1.807) is 0 Å². The highest BCUT2D eigenvalue weighted by atomic mass is 32.2. The van der Waals surface area contributed by atoms with Crippen LogP contribution < -0.4 is 16.2 Å². The molecule has 138 valence electrons. The highest BCUT2D eigenvalue weighted by Crippen LogP contribution is 2.33. The Hall–Kier alpha value is -0.755. The number of hydrogen-bond donors (Lipinski definition) is 5. The van der Waals surface area contributed by atoms with Crippen molar-refractivity contribution in [3.63, 3.8) is 0 Å². The van der Waals surface area contributed by atoms with Crippen LogP contribution in [0.3, 0.4) is 0 Å². The lowest BCUT2D eigenvalue weighted by Gasteiger charge is -2.28. The molecule has 1 saturated carbocycles. The first-order valence-electron chi connectivity index (χ1n) is 7.90. The van der Waals surface area contributed by atoms with E-state index < -0.39 is 34.5 Å². The zero-order valence-corrected chi connectivity index (χ0v) is 14.2. The summed E-state index contributed by atoms with van der Waals surface area (Å²) in [5.74, 6) is -0.439.